The van der Waals surface area contributed by atoms with Crippen molar-refractivity contribution in [3.63, 3.8) is 0 Å². The summed E-state index contributed by atoms with van der Waals surface area (Å²) >= 11 is 0. The maximum absolute atomic E-state index is 5.40. The number of oxazole rings is 1. The zero-order valence-corrected chi connectivity index (χ0v) is 9.96. The average Bonchev–Trinajstić information content (AvgIpc) is 2.51. The Morgan fingerprint density at radius 2 is 2.20 bits per heavy atom. The van der Waals surface area contributed by atoms with Gasteiger partial charge in [0, 0.05) is 6.54 Å². The van der Waals surface area contributed by atoms with Gasteiger partial charge in [0.25, 0.3) is 0 Å². The van der Waals surface area contributed by atoms with E-state index in [9.17, 15) is 0 Å². The van der Waals surface area contributed by atoms with Crippen molar-refractivity contribution in [2.45, 2.75) is 33.7 Å². The Morgan fingerprint density at radius 1 is 1.47 bits per heavy atom. The largest absolute Gasteiger partial charge is 0.450 e. The van der Waals surface area contributed by atoms with Gasteiger partial charge >= 0.3 is 6.08 Å². The predicted octanol–water partition coefficient (Wildman–Crippen LogP) is 2.21. The molecule has 86 valence electrons. The number of hydrogen-bond donors (Lipinski definition) is 1. The van der Waals surface area contributed by atoms with Crippen LogP contribution >= 0.6 is 0 Å². The lowest BCUT2D eigenvalue weighted by Gasteiger charge is -2.16. The predicted molar refractivity (Wildman–Crippen MR) is 58.8 cm³/mol. The highest BCUT2D eigenvalue weighted by atomic mass is 16.6. The van der Waals surface area contributed by atoms with Crippen molar-refractivity contribution in [3.05, 3.63) is 12.0 Å². The molecule has 0 saturated carbocycles. The summed E-state index contributed by atoms with van der Waals surface area (Å²) in [5, 5.41) is 3.00. The van der Waals surface area contributed by atoms with E-state index >= 15 is 0 Å². The molecule has 0 saturated heterocycles. The molecule has 1 N–H and O–H groups in total. The molecular formula is C11H20N2O2. The van der Waals surface area contributed by atoms with Crippen LogP contribution in [-0.4, -0.2) is 18.6 Å². The molecule has 0 bridgehead atoms. The zero-order valence-electron chi connectivity index (χ0n) is 9.96. The first-order valence-corrected chi connectivity index (χ1v) is 5.23. The van der Waals surface area contributed by atoms with Crippen LogP contribution in [0, 0.1) is 5.41 Å². The van der Waals surface area contributed by atoms with E-state index in [1.54, 1.807) is 6.26 Å². The van der Waals surface area contributed by atoms with Crippen LogP contribution in [0.25, 0.3) is 0 Å². The Kier molecular flexibility index (Phi) is 4.15. The van der Waals surface area contributed by atoms with Crippen molar-refractivity contribution < 1.29 is 9.15 Å². The maximum atomic E-state index is 5.40. The minimum Gasteiger partial charge on any atom is -0.450 e. The van der Waals surface area contributed by atoms with E-state index in [0.717, 1.165) is 12.1 Å². The molecule has 4 heteroatoms. The fourth-order valence-corrected chi connectivity index (χ4v) is 1.06. The third-order valence-corrected chi connectivity index (χ3v) is 1.97. The zero-order chi connectivity index (χ0) is 11.3. The summed E-state index contributed by atoms with van der Waals surface area (Å²) in [6.07, 6.45) is 2.96. The minimum absolute atomic E-state index is 0.278. The van der Waals surface area contributed by atoms with Gasteiger partial charge in [-0.25, -0.2) is 0 Å². The molecule has 0 unspecified atom stereocenters. The van der Waals surface area contributed by atoms with E-state index in [0.29, 0.717) is 19.2 Å². The summed E-state index contributed by atoms with van der Waals surface area (Å²) in [5.41, 5.74) is 1.14. The molecule has 0 amide bonds. The molecule has 0 aromatic carbocycles. The van der Waals surface area contributed by atoms with Crippen molar-refractivity contribution in [1.29, 1.82) is 0 Å². The number of ether oxygens (including phenoxy) is 1. The summed E-state index contributed by atoms with van der Waals surface area (Å²) in [6.45, 7) is 7.88. The van der Waals surface area contributed by atoms with Crippen LogP contribution in [0.2, 0.25) is 0 Å². The summed E-state index contributed by atoms with van der Waals surface area (Å²) in [7, 11) is 1.87. The van der Waals surface area contributed by atoms with Crippen LogP contribution in [0.15, 0.2) is 10.7 Å². The second-order valence-corrected chi connectivity index (χ2v) is 4.79. The molecule has 4 nitrogen and oxygen atoms in total. The SMILES string of the molecule is CNCc1coc(OCCC(C)(C)C)n1. The number of rotatable bonds is 5. The highest BCUT2D eigenvalue weighted by Gasteiger charge is 2.11. The van der Waals surface area contributed by atoms with Crippen molar-refractivity contribution >= 4 is 0 Å². The molecule has 1 aromatic rings. The van der Waals surface area contributed by atoms with Crippen molar-refractivity contribution in [3.8, 4) is 6.08 Å². The molecular weight excluding hydrogens is 192 g/mol. The first-order valence-electron chi connectivity index (χ1n) is 5.23. The topological polar surface area (TPSA) is 47.3 Å². The van der Waals surface area contributed by atoms with E-state index in [2.05, 4.69) is 31.1 Å². The van der Waals surface area contributed by atoms with Crippen LogP contribution < -0.4 is 10.1 Å². The molecule has 0 fully saturated rings. The average molecular weight is 212 g/mol. The van der Waals surface area contributed by atoms with E-state index in [-0.39, 0.29) is 5.41 Å². The normalized spacial score (nSPS) is 11.7. The fourth-order valence-electron chi connectivity index (χ4n) is 1.06. The molecule has 0 spiro atoms. The summed E-state index contributed by atoms with van der Waals surface area (Å²) in [5.74, 6) is 0. The van der Waals surface area contributed by atoms with Crippen molar-refractivity contribution in [2.75, 3.05) is 13.7 Å². The molecule has 0 aliphatic heterocycles. The molecule has 0 aliphatic carbocycles. The molecule has 1 aromatic heterocycles. The number of nitrogens with zero attached hydrogens (tertiary/aromatic N) is 1. The monoisotopic (exact) mass is 212 g/mol. The van der Waals surface area contributed by atoms with Gasteiger partial charge < -0.3 is 14.5 Å². The highest BCUT2D eigenvalue weighted by Crippen LogP contribution is 2.19. The highest BCUT2D eigenvalue weighted by molar-refractivity contribution is 4.99. The van der Waals surface area contributed by atoms with E-state index in [1.165, 1.54) is 0 Å². The lowest BCUT2D eigenvalue weighted by molar-refractivity contribution is 0.191. The van der Waals surface area contributed by atoms with Gasteiger partial charge in [0.2, 0.25) is 0 Å². The number of hydrogen-bond acceptors (Lipinski definition) is 4. The maximum Gasteiger partial charge on any atom is 0.393 e. The first kappa shape index (κ1) is 12.0. The Morgan fingerprint density at radius 3 is 2.80 bits per heavy atom. The van der Waals surface area contributed by atoms with Gasteiger partial charge in [0.1, 0.15) is 6.26 Å². The second kappa shape index (κ2) is 5.16. The summed E-state index contributed by atoms with van der Waals surface area (Å²) in [6, 6.07) is 0. The van der Waals surface area contributed by atoms with Gasteiger partial charge in [-0.1, -0.05) is 20.8 Å². The number of nitrogens with one attached hydrogen (secondary N) is 1. The second-order valence-electron chi connectivity index (χ2n) is 4.79. The number of aromatic nitrogens is 1. The smallest absolute Gasteiger partial charge is 0.393 e. The quantitative estimate of drug-likeness (QED) is 0.813. The molecule has 1 rings (SSSR count). The van der Waals surface area contributed by atoms with E-state index in [4.69, 9.17) is 9.15 Å². The van der Waals surface area contributed by atoms with Crippen LogP contribution in [0.5, 0.6) is 6.08 Å². The summed E-state index contributed by atoms with van der Waals surface area (Å²) in [4.78, 5) is 4.17. The standard InChI is InChI=1S/C11H20N2O2/c1-11(2,3)5-6-14-10-13-9(7-12-4)8-15-10/h8,12H,5-7H2,1-4H3. The minimum atomic E-state index is 0.278. The van der Waals surface area contributed by atoms with Crippen LogP contribution in [0.3, 0.4) is 0 Å². The molecule has 0 radical (unpaired) electrons. The van der Waals surface area contributed by atoms with Crippen LogP contribution in [-0.2, 0) is 6.54 Å². The first-order chi connectivity index (χ1) is 7.01. The lowest BCUT2D eigenvalue weighted by atomic mass is 9.93. The van der Waals surface area contributed by atoms with Crippen LogP contribution in [0.4, 0.5) is 0 Å². The Bertz CT molecular complexity index is 289. The van der Waals surface area contributed by atoms with Gasteiger partial charge in [-0.3, -0.25) is 0 Å². The van der Waals surface area contributed by atoms with Crippen LogP contribution in [0.1, 0.15) is 32.9 Å². The fraction of sp³-hybridized carbons (Fsp3) is 0.727. The van der Waals surface area contributed by atoms with Crippen molar-refractivity contribution in [2.24, 2.45) is 5.41 Å². The molecule has 0 aliphatic rings. The van der Waals surface area contributed by atoms with Gasteiger partial charge in [-0.05, 0) is 18.9 Å². The van der Waals surface area contributed by atoms with E-state index in [1.807, 2.05) is 7.05 Å². The summed E-state index contributed by atoms with van der Waals surface area (Å²) < 4.78 is 10.6. The van der Waals surface area contributed by atoms with Gasteiger partial charge in [0.15, 0.2) is 0 Å². The molecule has 0 atom stereocenters. The van der Waals surface area contributed by atoms with Gasteiger partial charge in [0.05, 0.1) is 12.3 Å². The third-order valence-electron chi connectivity index (χ3n) is 1.97. The Balaban J connectivity index is 2.31. The molecule has 1 heterocycles. The van der Waals surface area contributed by atoms with Gasteiger partial charge in [-0.15, -0.1) is 0 Å². The molecule has 15 heavy (non-hydrogen) atoms. The van der Waals surface area contributed by atoms with Gasteiger partial charge in [-0.2, -0.15) is 4.98 Å². The van der Waals surface area contributed by atoms with Crippen molar-refractivity contribution in [1.82, 2.24) is 10.3 Å². The Hall–Kier alpha value is -1.03. The Labute approximate surface area is 91.0 Å². The lowest BCUT2D eigenvalue weighted by Crippen LogP contribution is -2.11. The van der Waals surface area contributed by atoms with E-state index < -0.39 is 0 Å². The third kappa shape index (κ3) is 4.83.